The van der Waals surface area contributed by atoms with Crippen LogP contribution in [0.4, 0.5) is 0 Å². The smallest absolute Gasteiger partial charge is 0.303 e. The molecule has 23 heavy (non-hydrogen) atoms. The number of nitrogens with zero attached hydrogens (tertiary/aromatic N) is 2. The van der Waals surface area contributed by atoms with Gasteiger partial charge in [-0.2, -0.15) is 0 Å². The average molecular weight is 317 g/mol. The Bertz CT molecular complexity index is 617. The van der Waals surface area contributed by atoms with Crippen molar-refractivity contribution in [2.24, 2.45) is 0 Å². The molecular formula is C17H23N3O3. The molecule has 6 heteroatoms. The molecule has 1 aromatic heterocycles. The first-order valence-electron chi connectivity index (χ1n) is 8.00. The number of carbonyl (C=O) groups excluding carboxylic acids is 1. The zero-order valence-corrected chi connectivity index (χ0v) is 13.3. The van der Waals surface area contributed by atoms with Gasteiger partial charge in [-0.3, -0.25) is 14.2 Å². The van der Waals surface area contributed by atoms with Crippen molar-refractivity contribution < 1.29 is 14.7 Å². The fourth-order valence-corrected chi connectivity index (χ4v) is 2.65. The minimum absolute atomic E-state index is 0.195. The third-order valence-electron chi connectivity index (χ3n) is 3.84. The van der Waals surface area contributed by atoms with Crippen LogP contribution >= 0.6 is 0 Å². The first-order chi connectivity index (χ1) is 11.1. The molecule has 0 bridgehead atoms. The van der Waals surface area contributed by atoms with Crippen LogP contribution in [0, 0.1) is 0 Å². The van der Waals surface area contributed by atoms with Gasteiger partial charge < -0.3 is 10.4 Å². The van der Waals surface area contributed by atoms with Gasteiger partial charge >= 0.3 is 5.97 Å². The molecule has 0 unspecified atom stereocenters. The van der Waals surface area contributed by atoms with Gasteiger partial charge in [0.15, 0.2) is 0 Å². The number of imidazole rings is 1. The van der Waals surface area contributed by atoms with E-state index in [-0.39, 0.29) is 12.2 Å². The quantitative estimate of drug-likeness (QED) is 0.648. The SMILES string of the molecule is C=C1NC=Cc2ncc(CC(=O)CCCCCCCC(=O)O)n21. The molecule has 0 fully saturated rings. The number of aromatic nitrogens is 2. The second-order valence-corrected chi connectivity index (χ2v) is 5.74. The lowest BCUT2D eigenvalue weighted by Crippen LogP contribution is -2.18. The third kappa shape index (κ3) is 5.09. The molecule has 0 atom stereocenters. The number of fused-ring (bicyclic) bond motifs is 1. The lowest BCUT2D eigenvalue weighted by molar-refractivity contribution is -0.137. The lowest BCUT2D eigenvalue weighted by atomic mass is 10.1. The number of ketones is 1. The van der Waals surface area contributed by atoms with Gasteiger partial charge in [0.2, 0.25) is 0 Å². The zero-order valence-electron chi connectivity index (χ0n) is 13.3. The normalized spacial score (nSPS) is 12.8. The van der Waals surface area contributed by atoms with Crippen molar-refractivity contribution in [3.8, 4) is 0 Å². The van der Waals surface area contributed by atoms with Crippen LogP contribution in [0.1, 0.15) is 56.5 Å². The number of unbranched alkanes of at least 4 members (excludes halogenated alkanes) is 4. The van der Waals surface area contributed by atoms with Gasteiger partial charge in [-0.15, -0.1) is 0 Å². The molecule has 2 rings (SSSR count). The van der Waals surface area contributed by atoms with E-state index in [2.05, 4.69) is 16.9 Å². The van der Waals surface area contributed by atoms with Gasteiger partial charge in [-0.25, -0.2) is 4.98 Å². The monoisotopic (exact) mass is 317 g/mol. The van der Waals surface area contributed by atoms with Crippen LogP contribution in [0.5, 0.6) is 0 Å². The van der Waals surface area contributed by atoms with Gasteiger partial charge in [0.1, 0.15) is 17.4 Å². The average Bonchev–Trinajstić information content (AvgIpc) is 2.90. The Labute approximate surface area is 135 Å². The summed E-state index contributed by atoms with van der Waals surface area (Å²) >= 11 is 0. The Hall–Kier alpha value is -2.37. The number of carbonyl (C=O) groups is 2. The Balaban J connectivity index is 1.68. The van der Waals surface area contributed by atoms with Crippen LogP contribution in [0.25, 0.3) is 11.9 Å². The van der Waals surface area contributed by atoms with Crippen molar-refractivity contribution in [1.82, 2.24) is 14.9 Å². The molecular weight excluding hydrogens is 294 g/mol. The number of rotatable bonds is 10. The standard InChI is InChI=1S/C17H23N3O3/c1-13-18-10-9-16-19-12-14(20(13)16)11-15(21)7-5-3-2-4-6-8-17(22)23/h9-10,12,18H,1-8,11H2,(H,22,23). The Morgan fingerprint density at radius 1 is 1.17 bits per heavy atom. The highest BCUT2D eigenvalue weighted by Gasteiger charge is 2.15. The first-order valence-corrected chi connectivity index (χ1v) is 8.00. The minimum atomic E-state index is -0.741. The van der Waals surface area contributed by atoms with Gasteiger partial charge in [0, 0.05) is 31.7 Å². The number of hydrogen-bond donors (Lipinski definition) is 2. The highest BCUT2D eigenvalue weighted by Crippen LogP contribution is 2.17. The van der Waals surface area contributed by atoms with E-state index in [1.54, 1.807) is 12.4 Å². The van der Waals surface area contributed by atoms with E-state index in [4.69, 9.17) is 5.11 Å². The summed E-state index contributed by atoms with van der Waals surface area (Å²) in [6.45, 7) is 3.92. The largest absolute Gasteiger partial charge is 0.481 e. The van der Waals surface area contributed by atoms with Crippen LogP contribution in [0.2, 0.25) is 0 Å². The Morgan fingerprint density at radius 3 is 2.61 bits per heavy atom. The predicted octanol–water partition coefficient (Wildman–Crippen LogP) is 2.81. The van der Waals surface area contributed by atoms with E-state index in [1.807, 2.05) is 10.6 Å². The molecule has 0 spiro atoms. The van der Waals surface area contributed by atoms with E-state index in [1.165, 1.54) is 0 Å². The van der Waals surface area contributed by atoms with E-state index in [9.17, 15) is 9.59 Å². The molecule has 0 aliphatic carbocycles. The fourth-order valence-electron chi connectivity index (χ4n) is 2.65. The zero-order chi connectivity index (χ0) is 16.7. The van der Waals surface area contributed by atoms with Crippen LogP contribution in [-0.2, 0) is 16.0 Å². The van der Waals surface area contributed by atoms with E-state index in [0.717, 1.165) is 37.2 Å². The third-order valence-corrected chi connectivity index (χ3v) is 3.84. The van der Waals surface area contributed by atoms with Crippen molar-refractivity contribution >= 4 is 23.6 Å². The number of aliphatic carboxylic acids is 1. The van der Waals surface area contributed by atoms with E-state index in [0.29, 0.717) is 25.1 Å². The molecule has 2 heterocycles. The summed E-state index contributed by atoms with van der Waals surface area (Å²) < 4.78 is 1.86. The summed E-state index contributed by atoms with van der Waals surface area (Å²) in [7, 11) is 0. The summed E-state index contributed by atoms with van der Waals surface area (Å²) in [5.41, 5.74) is 0.855. The summed E-state index contributed by atoms with van der Waals surface area (Å²) in [6, 6.07) is 0. The van der Waals surface area contributed by atoms with Crippen LogP contribution in [0.15, 0.2) is 19.0 Å². The van der Waals surface area contributed by atoms with E-state index >= 15 is 0 Å². The van der Waals surface area contributed by atoms with Crippen molar-refractivity contribution in [2.75, 3.05) is 0 Å². The van der Waals surface area contributed by atoms with Crippen molar-refractivity contribution in [1.29, 1.82) is 0 Å². The minimum Gasteiger partial charge on any atom is -0.481 e. The maximum Gasteiger partial charge on any atom is 0.303 e. The molecule has 0 amide bonds. The molecule has 1 aromatic rings. The molecule has 0 saturated heterocycles. The number of carboxylic acid groups (broad SMARTS) is 1. The first kappa shape index (κ1) is 17.0. The second-order valence-electron chi connectivity index (χ2n) is 5.74. The number of hydrogen-bond acceptors (Lipinski definition) is 4. The summed E-state index contributed by atoms with van der Waals surface area (Å²) in [4.78, 5) is 26.8. The Kier molecular flexibility index (Phi) is 6.14. The highest BCUT2D eigenvalue weighted by atomic mass is 16.4. The molecule has 6 nitrogen and oxygen atoms in total. The molecule has 0 aromatic carbocycles. The summed E-state index contributed by atoms with van der Waals surface area (Å²) in [5.74, 6) is 0.951. The van der Waals surface area contributed by atoms with E-state index < -0.39 is 5.97 Å². The number of carboxylic acids is 1. The van der Waals surface area contributed by atoms with Gasteiger partial charge in [-0.05, 0) is 18.9 Å². The van der Waals surface area contributed by atoms with Gasteiger partial charge in [0.25, 0.3) is 0 Å². The lowest BCUT2D eigenvalue weighted by Gasteiger charge is -2.16. The molecule has 1 aliphatic rings. The highest BCUT2D eigenvalue weighted by molar-refractivity contribution is 5.81. The van der Waals surface area contributed by atoms with Gasteiger partial charge in [0.05, 0.1) is 5.69 Å². The summed E-state index contributed by atoms with van der Waals surface area (Å²) in [6.07, 6.45) is 10.9. The van der Waals surface area contributed by atoms with Crippen LogP contribution in [0.3, 0.4) is 0 Å². The van der Waals surface area contributed by atoms with Crippen LogP contribution < -0.4 is 5.32 Å². The maximum absolute atomic E-state index is 12.1. The summed E-state index contributed by atoms with van der Waals surface area (Å²) in [5, 5.41) is 11.6. The Morgan fingerprint density at radius 2 is 1.87 bits per heavy atom. The van der Waals surface area contributed by atoms with Crippen LogP contribution in [-0.4, -0.2) is 26.4 Å². The number of nitrogens with one attached hydrogen (secondary N) is 1. The van der Waals surface area contributed by atoms with Crippen molar-refractivity contribution in [2.45, 2.75) is 51.4 Å². The second kappa shape index (κ2) is 8.31. The molecule has 0 saturated carbocycles. The molecule has 124 valence electrons. The predicted molar refractivity (Wildman–Crippen MR) is 88.4 cm³/mol. The van der Waals surface area contributed by atoms with Gasteiger partial charge in [-0.1, -0.05) is 25.8 Å². The number of Topliss-reactive ketones (excluding diaryl/α,β-unsaturated/α-hetero) is 1. The molecule has 2 N–H and O–H groups in total. The van der Waals surface area contributed by atoms with Crippen molar-refractivity contribution in [3.05, 3.63) is 30.5 Å². The molecule has 1 aliphatic heterocycles. The fraction of sp³-hybridized carbons (Fsp3) is 0.471. The van der Waals surface area contributed by atoms with Crippen molar-refractivity contribution in [3.63, 3.8) is 0 Å². The topological polar surface area (TPSA) is 84.2 Å². The molecule has 0 radical (unpaired) electrons. The maximum atomic E-state index is 12.1.